The fourth-order valence-electron chi connectivity index (χ4n) is 4.08. The van der Waals surface area contributed by atoms with Crippen LogP contribution in [0.1, 0.15) is 109 Å². The fourth-order valence-corrected chi connectivity index (χ4v) is 5.04. The second-order valence-corrected chi connectivity index (χ2v) is 9.80. The molecule has 0 aliphatic carbocycles. The van der Waals surface area contributed by atoms with Gasteiger partial charge in [0, 0.05) is 11.6 Å². The lowest BCUT2D eigenvalue weighted by Gasteiger charge is -2.15. The second-order valence-electron chi connectivity index (χ2n) is 8.82. The molecule has 1 rings (SSSR count). The number of hydrogen-bond donors (Lipinski definition) is 2. The highest BCUT2D eigenvalue weighted by Crippen LogP contribution is 2.44. The van der Waals surface area contributed by atoms with Crippen LogP contribution in [0.4, 0.5) is 0 Å². The Morgan fingerprint density at radius 2 is 1.30 bits per heavy atom. The molecule has 0 heterocycles. The predicted molar refractivity (Wildman–Crippen MR) is 138 cm³/mol. The van der Waals surface area contributed by atoms with E-state index in [1.54, 1.807) is 0 Å². The van der Waals surface area contributed by atoms with Crippen molar-refractivity contribution in [3.63, 3.8) is 0 Å². The third-order valence-electron chi connectivity index (χ3n) is 6.11. The van der Waals surface area contributed by atoms with Gasteiger partial charge in [0.25, 0.3) is 0 Å². The van der Waals surface area contributed by atoms with Crippen molar-refractivity contribution in [3.8, 4) is 17.2 Å². The maximum Gasteiger partial charge on any atom is 0.315 e. The first-order valence-corrected chi connectivity index (χ1v) is 13.8. The normalized spacial score (nSPS) is 11.0. The Balaban J connectivity index is 2.25. The van der Waals surface area contributed by atoms with Crippen LogP contribution in [-0.2, 0) is 16.0 Å². The number of carbonyl (C=O) groups is 1. The molecule has 0 fully saturated rings. The lowest BCUT2D eigenvalue weighted by Crippen LogP contribution is -2.04. The Morgan fingerprint density at radius 1 is 0.818 bits per heavy atom. The summed E-state index contributed by atoms with van der Waals surface area (Å²) in [6, 6.07) is 1.39. The molecular formula is C27H46O5S. The molecule has 0 atom stereocenters. The molecule has 0 saturated heterocycles. The van der Waals surface area contributed by atoms with Crippen molar-refractivity contribution in [2.24, 2.45) is 0 Å². The quantitative estimate of drug-likeness (QED) is 0.0855. The van der Waals surface area contributed by atoms with E-state index in [1.165, 1.54) is 116 Å². The molecule has 1 aromatic rings. The summed E-state index contributed by atoms with van der Waals surface area (Å²) in [6.07, 6.45) is 20.1. The molecule has 33 heavy (non-hydrogen) atoms. The average molecular weight is 483 g/mol. The van der Waals surface area contributed by atoms with Crippen LogP contribution in [0.15, 0.2) is 11.0 Å². The minimum Gasteiger partial charge on any atom is -0.507 e. The topological polar surface area (TPSA) is 76.0 Å². The van der Waals surface area contributed by atoms with Gasteiger partial charge in [-0.2, -0.15) is 0 Å². The van der Waals surface area contributed by atoms with Crippen molar-refractivity contribution < 1.29 is 24.5 Å². The van der Waals surface area contributed by atoms with E-state index in [0.29, 0.717) is 16.9 Å². The van der Waals surface area contributed by atoms with Gasteiger partial charge >= 0.3 is 5.97 Å². The van der Waals surface area contributed by atoms with Gasteiger partial charge in [0.2, 0.25) is 0 Å². The molecule has 5 nitrogen and oxygen atoms in total. The predicted octanol–water partition coefficient (Wildman–Crippen LogP) is 7.79. The van der Waals surface area contributed by atoms with Gasteiger partial charge in [0.05, 0.1) is 24.9 Å². The standard InChI is InChI=1S/C27H46O5S/c1-4-5-6-7-8-9-10-11-12-13-14-15-16-17-18-19-22-26(30)24(31-2)20-23(28)27(22)33-21-25(29)32-3/h20,28,30H,4-19,21H2,1-3H3. The highest BCUT2D eigenvalue weighted by atomic mass is 32.2. The summed E-state index contributed by atoms with van der Waals surface area (Å²) in [5.74, 6) is 0.0443. The van der Waals surface area contributed by atoms with Crippen LogP contribution in [0.5, 0.6) is 17.2 Å². The van der Waals surface area contributed by atoms with Gasteiger partial charge in [-0.05, 0) is 12.8 Å². The van der Waals surface area contributed by atoms with E-state index in [0.717, 1.165) is 12.8 Å². The van der Waals surface area contributed by atoms with Crippen molar-refractivity contribution in [1.82, 2.24) is 0 Å². The highest BCUT2D eigenvalue weighted by Gasteiger charge is 2.19. The third kappa shape index (κ3) is 12.5. The van der Waals surface area contributed by atoms with Crippen molar-refractivity contribution in [2.75, 3.05) is 20.0 Å². The number of ether oxygens (including phenoxy) is 2. The summed E-state index contributed by atoms with van der Waals surface area (Å²) in [4.78, 5) is 12.0. The van der Waals surface area contributed by atoms with Crippen LogP contribution in [0.25, 0.3) is 0 Å². The van der Waals surface area contributed by atoms with Gasteiger partial charge in [-0.3, -0.25) is 4.79 Å². The third-order valence-corrected chi connectivity index (χ3v) is 7.23. The first-order valence-electron chi connectivity index (χ1n) is 12.9. The molecule has 2 N–H and O–H groups in total. The highest BCUT2D eigenvalue weighted by molar-refractivity contribution is 8.00. The summed E-state index contributed by atoms with van der Waals surface area (Å²) in [7, 11) is 2.80. The minimum atomic E-state index is -0.368. The Bertz CT molecular complexity index is 662. The maximum atomic E-state index is 11.5. The van der Waals surface area contributed by atoms with Crippen LogP contribution >= 0.6 is 11.8 Å². The van der Waals surface area contributed by atoms with Crippen molar-refractivity contribution in [2.45, 2.75) is 115 Å². The number of phenolic OH excluding ortho intramolecular Hbond substituents is 2. The van der Waals surface area contributed by atoms with E-state index in [9.17, 15) is 15.0 Å². The fraction of sp³-hybridized carbons (Fsp3) is 0.741. The lowest BCUT2D eigenvalue weighted by molar-refractivity contribution is -0.137. The summed E-state index contributed by atoms with van der Waals surface area (Å²) in [5.41, 5.74) is 0.649. The van der Waals surface area contributed by atoms with Crippen molar-refractivity contribution in [3.05, 3.63) is 11.6 Å². The van der Waals surface area contributed by atoms with E-state index in [2.05, 4.69) is 11.7 Å². The smallest absolute Gasteiger partial charge is 0.315 e. The summed E-state index contributed by atoms with van der Waals surface area (Å²) < 4.78 is 9.87. The van der Waals surface area contributed by atoms with Crippen LogP contribution in [0.3, 0.4) is 0 Å². The molecule has 6 heteroatoms. The van der Waals surface area contributed by atoms with E-state index < -0.39 is 0 Å². The first kappa shape index (κ1) is 29.5. The first-order chi connectivity index (χ1) is 16.0. The molecular weight excluding hydrogens is 436 g/mol. The van der Waals surface area contributed by atoms with Gasteiger partial charge in [-0.1, -0.05) is 96.8 Å². The van der Waals surface area contributed by atoms with Crippen molar-refractivity contribution >= 4 is 17.7 Å². The summed E-state index contributed by atoms with van der Waals surface area (Å²) in [6.45, 7) is 2.27. The molecule has 0 aliphatic rings. The molecule has 1 aromatic carbocycles. The zero-order valence-electron chi connectivity index (χ0n) is 21.1. The minimum absolute atomic E-state index is 0.0227. The Labute approximate surface area is 205 Å². The molecule has 0 aromatic heterocycles. The number of methoxy groups -OCH3 is 2. The molecule has 0 aliphatic heterocycles. The molecule has 0 bridgehead atoms. The zero-order chi connectivity index (χ0) is 24.3. The lowest BCUT2D eigenvalue weighted by atomic mass is 10.0. The van der Waals surface area contributed by atoms with Crippen LogP contribution in [0.2, 0.25) is 0 Å². The Morgan fingerprint density at radius 3 is 1.76 bits per heavy atom. The molecule has 0 saturated carbocycles. The maximum absolute atomic E-state index is 11.5. The van der Waals surface area contributed by atoms with Gasteiger partial charge < -0.3 is 19.7 Å². The van der Waals surface area contributed by atoms with E-state index >= 15 is 0 Å². The zero-order valence-corrected chi connectivity index (χ0v) is 21.9. The number of carbonyl (C=O) groups excluding carboxylic acids is 1. The monoisotopic (exact) mass is 482 g/mol. The number of benzene rings is 1. The van der Waals surface area contributed by atoms with Gasteiger partial charge in [-0.15, -0.1) is 11.8 Å². The molecule has 0 amide bonds. The number of thioether (sulfide) groups is 1. The number of unbranched alkanes of at least 4 members (excludes halogenated alkanes) is 14. The van der Waals surface area contributed by atoms with Crippen LogP contribution in [0, 0.1) is 0 Å². The number of hydrogen-bond acceptors (Lipinski definition) is 6. The van der Waals surface area contributed by atoms with Crippen LogP contribution in [-0.4, -0.2) is 36.2 Å². The Hall–Kier alpha value is -1.56. The van der Waals surface area contributed by atoms with Gasteiger partial charge in [0.15, 0.2) is 11.5 Å². The SMILES string of the molecule is CCCCCCCCCCCCCCCCCc1c(O)c(OC)cc(O)c1SCC(=O)OC. The van der Waals surface area contributed by atoms with Gasteiger partial charge in [0.1, 0.15) is 5.75 Å². The van der Waals surface area contributed by atoms with Crippen molar-refractivity contribution in [1.29, 1.82) is 0 Å². The van der Waals surface area contributed by atoms with E-state index in [1.807, 2.05) is 0 Å². The number of esters is 1. The van der Waals surface area contributed by atoms with Gasteiger partial charge in [-0.25, -0.2) is 0 Å². The number of aromatic hydroxyl groups is 2. The summed E-state index contributed by atoms with van der Waals surface area (Å²) in [5, 5.41) is 20.9. The van der Waals surface area contributed by atoms with E-state index in [4.69, 9.17) is 4.74 Å². The van der Waals surface area contributed by atoms with Crippen LogP contribution < -0.4 is 4.74 Å². The van der Waals surface area contributed by atoms with E-state index in [-0.39, 0.29) is 29.0 Å². The molecule has 0 spiro atoms. The molecule has 0 radical (unpaired) electrons. The Kier molecular flexibility index (Phi) is 16.8. The molecule has 190 valence electrons. The number of rotatable bonds is 20. The molecule has 0 unspecified atom stereocenters. The second kappa shape index (κ2) is 18.8. The number of phenols is 2. The summed E-state index contributed by atoms with van der Waals surface area (Å²) >= 11 is 1.19. The largest absolute Gasteiger partial charge is 0.507 e. The average Bonchev–Trinajstić information content (AvgIpc) is 2.82.